The molecule has 0 saturated heterocycles. The van der Waals surface area contributed by atoms with Gasteiger partial charge in [-0.25, -0.2) is 0 Å². The Hall–Kier alpha value is -1.74. The molecule has 0 saturated carbocycles. The van der Waals surface area contributed by atoms with Crippen molar-refractivity contribution in [1.82, 2.24) is 0 Å². The Bertz CT molecular complexity index is 437. The van der Waals surface area contributed by atoms with Crippen LogP contribution in [-0.4, -0.2) is 0 Å². The van der Waals surface area contributed by atoms with Crippen LogP contribution < -0.4 is 17.0 Å². The van der Waals surface area contributed by atoms with E-state index in [4.69, 9.17) is 11.6 Å². The number of hydrogen-bond donors (Lipinski definition) is 3. The molecule has 3 heteroatoms. The second-order valence-electron chi connectivity index (χ2n) is 2.97. The fourth-order valence-electron chi connectivity index (χ4n) is 1.35. The molecule has 3 nitrogen and oxygen atoms in total. The van der Waals surface area contributed by atoms with Crippen LogP contribution in [0.2, 0.25) is 0 Å². The van der Waals surface area contributed by atoms with Gasteiger partial charge in [-0.2, -0.15) is 0 Å². The highest BCUT2D eigenvalue weighted by Gasteiger charge is 1.95. The second-order valence-corrected chi connectivity index (χ2v) is 2.97. The minimum absolute atomic E-state index is 0.765. The number of fused-ring (bicyclic) bond motifs is 1. The van der Waals surface area contributed by atoms with Crippen molar-refractivity contribution >= 4 is 22.1 Å². The molecule has 0 heterocycles. The molecule has 0 atom stereocenters. The van der Waals surface area contributed by atoms with Crippen molar-refractivity contribution in [1.29, 1.82) is 0 Å². The van der Waals surface area contributed by atoms with Gasteiger partial charge in [0.2, 0.25) is 0 Å². The summed E-state index contributed by atoms with van der Waals surface area (Å²) < 4.78 is 0. The Balaban J connectivity index is 2.68. The number of hydrogen-bond acceptors (Lipinski definition) is 3. The van der Waals surface area contributed by atoms with Gasteiger partial charge in [0, 0.05) is 11.4 Å². The van der Waals surface area contributed by atoms with Gasteiger partial charge in [-0.15, -0.1) is 0 Å². The van der Waals surface area contributed by atoms with Crippen LogP contribution in [0.25, 0.3) is 10.8 Å². The third kappa shape index (κ3) is 1.41. The molecule has 2 aromatic carbocycles. The lowest BCUT2D eigenvalue weighted by atomic mass is 10.1. The molecule has 0 aromatic heterocycles. The van der Waals surface area contributed by atoms with Crippen molar-refractivity contribution in [2.24, 2.45) is 5.84 Å². The fourth-order valence-corrected chi connectivity index (χ4v) is 1.35. The van der Waals surface area contributed by atoms with Gasteiger partial charge >= 0.3 is 0 Å². The van der Waals surface area contributed by atoms with E-state index >= 15 is 0 Å². The Labute approximate surface area is 76.3 Å². The fraction of sp³-hybridized carbons (Fsp3) is 0. The predicted octanol–water partition coefficient (Wildman–Crippen LogP) is 1.71. The van der Waals surface area contributed by atoms with Crippen molar-refractivity contribution in [2.45, 2.75) is 0 Å². The molecule has 66 valence electrons. The zero-order valence-corrected chi connectivity index (χ0v) is 7.12. The van der Waals surface area contributed by atoms with Crippen LogP contribution in [-0.2, 0) is 0 Å². The van der Waals surface area contributed by atoms with E-state index in [-0.39, 0.29) is 0 Å². The van der Waals surface area contributed by atoms with E-state index in [1.54, 1.807) is 0 Å². The van der Waals surface area contributed by atoms with Crippen molar-refractivity contribution in [3.8, 4) is 0 Å². The molecular weight excluding hydrogens is 162 g/mol. The molecule has 0 spiro atoms. The van der Waals surface area contributed by atoms with Gasteiger partial charge in [0.1, 0.15) is 0 Å². The van der Waals surface area contributed by atoms with Crippen molar-refractivity contribution in [2.75, 3.05) is 11.2 Å². The van der Waals surface area contributed by atoms with Gasteiger partial charge in [0.15, 0.2) is 0 Å². The first kappa shape index (κ1) is 7.89. The molecule has 0 radical (unpaired) electrons. The molecule has 0 amide bonds. The Morgan fingerprint density at radius 1 is 0.923 bits per heavy atom. The van der Waals surface area contributed by atoms with Crippen LogP contribution in [0.15, 0.2) is 36.4 Å². The smallest absolute Gasteiger partial charge is 0.0491 e. The van der Waals surface area contributed by atoms with E-state index in [0.29, 0.717) is 0 Å². The highest BCUT2D eigenvalue weighted by atomic mass is 15.2. The molecule has 2 aromatic rings. The van der Waals surface area contributed by atoms with E-state index < -0.39 is 0 Å². The van der Waals surface area contributed by atoms with Gasteiger partial charge in [-0.3, -0.25) is 5.84 Å². The lowest BCUT2D eigenvalue weighted by molar-refractivity contribution is 1.36. The monoisotopic (exact) mass is 173 g/mol. The maximum atomic E-state index is 5.66. The first-order chi connectivity index (χ1) is 6.29. The Morgan fingerprint density at radius 3 is 2.46 bits per heavy atom. The van der Waals surface area contributed by atoms with Gasteiger partial charge < -0.3 is 11.2 Å². The van der Waals surface area contributed by atoms with E-state index in [1.165, 1.54) is 0 Å². The van der Waals surface area contributed by atoms with Crippen molar-refractivity contribution in [3.63, 3.8) is 0 Å². The highest BCUT2D eigenvalue weighted by molar-refractivity contribution is 5.88. The van der Waals surface area contributed by atoms with Crippen LogP contribution in [0.4, 0.5) is 11.4 Å². The molecule has 0 fully saturated rings. The maximum Gasteiger partial charge on any atom is 0.0491 e. The summed E-state index contributed by atoms with van der Waals surface area (Å²) in [5.74, 6) is 5.30. The summed E-state index contributed by atoms with van der Waals surface area (Å²) in [6, 6.07) is 11.7. The zero-order valence-electron chi connectivity index (χ0n) is 7.12. The predicted molar refractivity (Wildman–Crippen MR) is 56.2 cm³/mol. The highest BCUT2D eigenvalue weighted by Crippen LogP contribution is 2.20. The number of nitrogens with two attached hydrogens (primary N) is 2. The van der Waals surface area contributed by atoms with Crippen molar-refractivity contribution < 1.29 is 0 Å². The Kier molecular flexibility index (Phi) is 1.79. The standard InChI is InChI=1S/C10H11N3/c11-9-3-1-7-2-4-10(13-12)6-8(7)5-9/h1-6,13H,11-12H2. The third-order valence-corrected chi connectivity index (χ3v) is 2.03. The molecule has 0 aliphatic carbocycles. The molecule has 13 heavy (non-hydrogen) atoms. The normalized spacial score (nSPS) is 10.2. The van der Waals surface area contributed by atoms with Crippen LogP contribution in [0.5, 0.6) is 0 Å². The summed E-state index contributed by atoms with van der Waals surface area (Å²) in [5, 5.41) is 2.25. The summed E-state index contributed by atoms with van der Waals surface area (Å²) in [6.45, 7) is 0. The quantitative estimate of drug-likeness (QED) is 0.349. The number of rotatable bonds is 1. The first-order valence-corrected chi connectivity index (χ1v) is 4.05. The van der Waals surface area contributed by atoms with E-state index in [9.17, 15) is 0 Å². The summed E-state index contributed by atoms with van der Waals surface area (Å²) in [7, 11) is 0. The largest absolute Gasteiger partial charge is 0.399 e. The summed E-state index contributed by atoms with van der Waals surface area (Å²) >= 11 is 0. The van der Waals surface area contributed by atoms with Crippen LogP contribution >= 0.6 is 0 Å². The van der Waals surface area contributed by atoms with Crippen molar-refractivity contribution in [3.05, 3.63) is 36.4 Å². The van der Waals surface area contributed by atoms with Gasteiger partial charge in [0.05, 0.1) is 0 Å². The number of anilines is 2. The minimum atomic E-state index is 0.765. The number of nitrogen functional groups attached to an aromatic ring is 2. The molecule has 0 aliphatic rings. The van der Waals surface area contributed by atoms with E-state index in [2.05, 4.69) is 5.43 Å². The molecule has 5 N–H and O–H groups in total. The summed E-state index contributed by atoms with van der Waals surface area (Å²) in [6.07, 6.45) is 0. The molecular formula is C10H11N3. The Morgan fingerprint density at radius 2 is 1.69 bits per heavy atom. The lowest BCUT2D eigenvalue weighted by Gasteiger charge is -2.03. The topological polar surface area (TPSA) is 64.1 Å². The molecule has 0 bridgehead atoms. The zero-order chi connectivity index (χ0) is 9.26. The third-order valence-electron chi connectivity index (χ3n) is 2.03. The maximum absolute atomic E-state index is 5.66. The average molecular weight is 173 g/mol. The minimum Gasteiger partial charge on any atom is -0.399 e. The summed E-state index contributed by atoms with van der Waals surface area (Å²) in [4.78, 5) is 0. The summed E-state index contributed by atoms with van der Waals surface area (Å²) in [5.41, 5.74) is 9.91. The van der Waals surface area contributed by atoms with E-state index in [1.807, 2.05) is 36.4 Å². The first-order valence-electron chi connectivity index (χ1n) is 4.05. The van der Waals surface area contributed by atoms with Crippen LogP contribution in [0, 0.1) is 0 Å². The average Bonchev–Trinajstić information content (AvgIpc) is 2.16. The second kappa shape index (κ2) is 2.95. The van der Waals surface area contributed by atoms with Crippen LogP contribution in [0.3, 0.4) is 0 Å². The SMILES string of the molecule is NNc1ccc2ccc(N)cc2c1. The van der Waals surface area contributed by atoms with Gasteiger partial charge in [0.25, 0.3) is 0 Å². The number of hydrazine groups is 1. The lowest BCUT2D eigenvalue weighted by Crippen LogP contribution is -2.06. The molecule has 2 rings (SSSR count). The van der Waals surface area contributed by atoms with Gasteiger partial charge in [-0.1, -0.05) is 12.1 Å². The van der Waals surface area contributed by atoms with Crippen LogP contribution in [0.1, 0.15) is 0 Å². The molecule has 0 aliphatic heterocycles. The van der Waals surface area contributed by atoms with Gasteiger partial charge in [-0.05, 0) is 35.0 Å². The van der Waals surface area contributed by atoms with E-state index in [0.717, 1.165) is 22.1 Å². The molecule has 0 unspecified atom stereocenters. The number of benzene rings is 2. The number of nitrogens with one attached hydrogen (secondary N) is 1.